The Labute approximate surface area is 101 Å². The van der Waals surface area contributed by atoms with Gasteiger partial charge in [0.25, 0.3) is 0 Å². The van der Waals surface area contributed by atoms with Crippen molar-refractivity contribution in [1.29, 1.82) is 0 Å². The van der Waals surface area contributed by atoms with Crippen LogP contribution in [0.5, 0.6) is 0 Å². The molecule has 0 aliphatic carbocycles. The third-order valence-electron chi connectivity index (χ3n) is 2.16. The number of rotatable bonds is 1. The van der Waals surface area contributed by atoms with E-state index < -0.39 is 0 Å². The normalized spacial score (nSPS) is 15.9. The van der Waals surface area contributed by atoms with Crippen LogP contribution in [0.1, 0.15) is 18.4 Å². The number of halogens is 2. The van der Waals surface area contributed by atoms with Gasteiger partial charge in [0.05, 0.1) is 5.71 Å². The summed E-state index contributed by atoms with van der Waals surface area (Å²) in [5.41, 5.74) is 7.45. The zero-order valence-electron chi connectivity index (χ0n) is 7.87. The zero-order valence-corrected chi connectivity index (χ0v) is 10.2. The van der Waals surface area contributed by atoms with Crippen molar-refractivity contribution in [2.45, 2.75) is 12.8 Å². The molecule has 1 aromatic carbocycles. The molecule has 0 bridgehead atoms. The molecule has 1 aliphatic rings. The van der Waals surface area contributed by atoms with Crippen molar-refractivity contribution in [3.05, 3.63) is 33.3 Å². The summed E-state index contributed by atoms with van der Waals surface area (Å²) in [6, 6.07) is 5.61. The molecule has 0 spiro atoms. The van der Waals surface area contributed by atoms with Crippen molar-refractivity contribution in [3.8, 4) is 0 Å². The van der Waals surface area contributed by atoms with Crippen molar-refractivity contribution >= 4 is 39.1 Å². The Balaban J connectivity index is 2.42. The molecule has 0 unspecified atom stereocenters. The van der Waals surface area contributed by atoms with E-state index in [2.05, 4.69) is 26.1 Å². The van der Waals surface area contributed by atoms with E-state index in [-0.39, 0.29) is 0 Å². The van der Waals surface area contributed by atoms with Crippen molar-refractivity contribution in [1.82, 2.24) is 0 Å². The van der Waals surface area contributed by atoms with Gasteiger partial charge in [0, 0.05) is 21.5 Å². The Bertz CT molecular complexity index is 454. The predicted octanol–water partition coefficient (Wildman–Crippen LogP) is 2.96. The molecule has 0 atom stereocenters. The molecule has 78 valence electrons. The van der Waals surface area contributed by atoms with Crippen LogP contribution in [-0.4, -0.2) is 11.5 Å². The average molecular weight is 287 g/mol. The smallest absolute Gasteiger partial charge is 0.122 e. The van der Waals surface area contributed by atoms with Gasteiger partial charge in [-0.15, -0.1) is 5.10 Å². The molecule has 0 saturated carbocycles. The van der Waals surface area contributed by atoms with Gasteiger partial charge in [-0.1, -0.05) is 27.5 Å². The third-order valence-corrected chi connectivity index (χ3v) is 3.08. The first-order valence-corrected chi connectivity index (χ1v) is 5.68. The highest BCUT2D eigenvalue weighted by atomic mass is 79.9. The van der Waals surface area contributed by atoms with Gasteiger partial charge in [-0.3, -0.25) is 0 Å². The summed E-state index contributed by atoms with van der Waals surface area (Å²) in [4.78, 5) is 0. The van der Waals surface area contributed by atoms with Crippen LogP contribution in [-0.2, 0) is 0 Å². The third kappa shape index (κ3) is 2.38. The van der Waals surface area contributed by atoms with Gasteiger partial charge in [-0.2, -0.15) is 5.10 Å². The molecular formula is C10H9BrClN3. The molecule has 2 N–H and O–H groups in total. The van der Waals surface area contributed by atoms with Gasteiger partial charge in [0.2, 0.25) is 0 Å². The SMILES string of the molecule is NC1=NN=C(c2cc(Cl)ccc2Br)CC1. The van der Waals surface area contributed by atoms with Gasteiger partial charge in [-0.05, 0) is 24.6 Å². The van der Waals surface area contributed by atoms with Gasteiger partial charge in [0.15, 0.2) is 0 Å². The van der Waals surface area contributed by atoms with Crippen LogP contribution < -0.4 is 5.73 Å². The molecule has 2 rings (SSSR count). The summed E-state index contributed by atoms with van der Waals surface area (Å²) in [6.07, 6.45) is 1.55. The number of amidine groups is 1. The highest BCUT2D eigenvalue weighted by Crippen LogP contribution is 2.24. The Hall–Kier alpha value is -0.870. The van der Waals surface area contributed by atoms with Crippen LogP contribution in [0.2, 0.25) is 5.02 Å². The number of hydrogen-bond acceptors (Lipinski definition) is 3. The Kier molecular flexibility index (Phi) is 3.07. The first kappa shape index (κ1) is 10.6. The molecule has 1 aromatic rings. The number of nitrogens with zero attached hydrogens (tertiary/aromatic N) is 2. The minimum absolute atomic E-state index is 0.580. The summed E-state index contributed by atoms with van der Waals surface area (Å²) in [7, 11) is 0. The second kappa shape index (κ2) is 4.33. The lowest BCUT2D eigenvalue weighted by molar-refractivity contribution is 1.02. The summed E-state index contributed by atoms with van der Waals surface area (Å²) >= 11 is 9.39. The van der Waals surface area contributed by atoms with E-state index in [4.69, 9.17) is 17.3 Å². The van der Waals surface area contributed by atoms with Crippen LogP contribution in [0.3, 0.4) is 0 Å². The Morgan fingerprint density at radius 1 is 1.27 bits per heavy atom. The van der Waals surface area contributed by atoms with Crippen LogP contribution in [0, 0.1) is 0 Å². The average Bonchev–Trinajstić information content (AvgIpc) is 2.23. The topological polar surface area (TPSA) is 50.7 Å². The monoisotopic (exact) mass is 285 g/mol. The second-order valence-corrected chi connectivity index (χ2v) is 4.55. The Morgan fingerprint density at radius 2 is 2.07 bits per heavy atom. The van der Waals surface area contributed by atoms with E-state index in [0.717, 1.165) is 28.6 Å². The minimum atomic E-state index is 0.580. The van der Waals surface area contributed by atoms with E-state index in [9.17, 15) is 0 Å². The van der Waals surface area contributed by atoms with Crippen molar-refractivity contribution < 1.29 is 0 Å². The second-order valence-electron chi connectivity index (χ2n) is 3.26. The molecule has 0 aromatic heterocycles. The first-order chi connectivity index (χ1) is 7.16. The maximum atomic E-state index is 5.93. The summed E-state index contributed by atoms with van der Waals surface area (Å²) < 4.78 is 0.973. The van der Waals surface area contributed by atoms with Gasteiger partial charge < -0.3 is 5.73 Å². The summed E-state index contributed by atoms with van der Waals surface area (Å²) in [5, 5.41) is 8.64. The lowest BCUT2D eigenvalue weighted by Gasteiger charge is -2.11. The van der Waals surface area contributed by atoms with E-state index in [1.54, 1.807) is 0 Å². The standard InChI is InChI=1S/C10H9BrClN3/c11-8-2-1-6(12)5-7(8)9-3-4-10(13)15-14-9/h1-2,5H,3-4H2,(H2,13,15). The van der Waals surface area contributed by atoms with E-state index >= 15 is 0 Å². The first-order valence-electron chi connectivity index (χ1n) is 4.51. The lowest BCUT2D eigenvalue weighted by atomic mass is 10.0. The molecule has 0 radical (unpaired) electrons. The highest BCUT2D eigenvalue weighted by Gasteiger charge is 2.12. The minimum Gasteiger partial charge on any atom is -0.386 e. The predicted molar refractivity (Wildman–Crippen MR) is 66.5 cm³/mol. The number of hydrogen-bond donors (Lipinski definition) is 1. The fourth-order valence-electron chi connectivity index (χ4n) is 1.38. The van der Waals surface area contributed by atoms with Gasteiger partial charge >= 0.3 is 0 Å². The molecule has 3 nitrogen and oxygen atoms in total. The quantitative estimate of drug-likeness (QED) is 0.848. The lowest BCUT2D eigenvalue weighted by Crippen LogP contribution is -2.17. The summed E-state index contributed by atoms with van der Waals surface area (Å²) in [6.45, 7) is 0. The molecule has 0 saturated heterocycles. The molecular weight excluding hydrogens is 277 g/mol. The molecule has 5 heteroatoms. The molecule has 0 amide bonds. The number of nitrogens with two attached hydrogens (primary N) is 1. The molecule has 1 heterocycles. The molecule has 15 heavy (non-hydrogen) atoms. The fourth-order valence-corrected chi connectivity index (χ4v) is 2.03. The van der Waals surface area contributed by atoms with Crippen LogP contribution in [0.15, 0.2) is 32.9 Å². The van der Waals surface area contributed by atoms with Crippen molar-refractivity contribution in [2.24, 2.45) is 15.9 Å². The van der Waals surface area contributed by atoms with E-state index in [1.165, 1.54) is 0 Å². The Morgan fingerprint density at radius 3 is 2.73 bits per heavy atom. The molecule has 0 fully saturated rings. The highest BCUT2D eigenvalue weighted by molar-refractivity contribution is 9.10. The maximum absolute atomic E-state index is 5.93. The van der Waals surface area contributed by atoms with Gasteiger partial charge in [-0.25, -0.2) is 0 Å². The summed E-state index contributed by atoms with van der Waals surface area (Å²) in [5.74, 6) is 0.580. The fraction of sp³-hybridized carbons (Fsp3) is 0.200. The van der Waals surface area contributed by atoms with E-state index in [1.807, 2.05) is 18.2 Å². The maximum Gasteiger partial charge on any atom is 0.122 e. The van der Waals surface area contributed by atoms with Crippen molar-refractivity contribution in [3.63, 3.8) is 0 Å². The zero-order chi connectivity index (χ0) is 10.8. The largest absolute Gasteiger partial charge is 0.386 e. The van der Waals surface area contributed by atoms with E-state index in [0.29, 0.717) is 10.9 Å². The van der Waals surface area contributed by atoms with Crippen LogP contribution in [0.4, 0.5) is 0 Å². The molecule has 1 aliphatic heterocycles. The van der Waals surface area contributed by atoms with Crippen molar-refractivity contribution in [2.75, 3.05) is 0 Å². The number of benzene rings is 1. The van der Waals surface area contributed by atoms with Crippen LogP contribution >= 0.6 is 27.5 Å². The van der Waals surface area contributed by atoms with Gasteiger partial charge in [0.1, 0.15) is 5.84 Å². The van der Waals surface area contributed by atoms with Crippen LogP contribution in [0.25, 0.3) is 0 Å².